The monoisotopic (exact) mass is 255 g/mol. The number of nitrogens with two attached hydrogens (primary N) is 1. The highest BCUT2D eigenvalue weighted by molar-refractivity contribution is 6.40. The van der Waals surface area contributed by atoms with Crippen molar-refractivity contribution in [1.82, 2.24) is 9.55 Å². The molecule has 0 bridgehead atoms. The molecule has 0 aliphatic carbocycles. The Kier molecular flexibility index (Phi) is 3.08. The maximum absolute atomic E-state index is 5.97. The lowest BCUT2D eigenvalue weighted by Crippen LogP contribution is -1.99. The number of aryl methyl sites for hydroxylation is 1. The van der Waals surface area contributed by atoms with Gasteiger partial charge < -0.3 is 10.3 Å². The highest BCUT2D eigenvalue weighted by Crippen LogP contribution is 2.21. The molecule has 1 aromatic carbocycles. The van der Waals surface area contributed by atoms with Crippen molar-refractivity contribution < 1.29 is 0 Å². The van der Waals surface area contributed by atoms with Crippen LogP contribution < -0.4 is 5.73 Å². The van der Waals surface area contributed by atoms with Gasteiger partial charge in [-0.15, -0.1) is 0 Å². The number of benzene rings is 1. The van der Waals surface area contributed by atoms with E-state index in [1.165, 1.54) is 0 Å². The average molecular weight is 256 g/mol. The van der Waals surface area contributed by atoms with E-state index in [1.807, 2.05) is 25.1 Å². The zero-order valence-corrected chi connectivity index (χ0v) is 10.3. The molecule has 5 heteroatoms. The molecule has 3 nitrogen and oxygen atoms in total. The lowest BCUT2D eigenvalue weighted by Gasteiger charge is -2.06. The van der Waals surface area contributed by atoms with Crippen molar-refractivity contribution >= 4 is 28.9 Å². The molecule has 0 aliphatic rings. The fraction of sp³-hybridized carbons (Fsp3) is 0.182. The second-order valence-corrected chi connectivity index (χ2v) is 4.36. The molecule has 0 saturated heterocycles. The van der Waals surface area contributed by atoms with Crippen LogP contribution in [0.3, 0.4) is 0 Å². The molecule has 2 N–H and O–H groups in total. The van der Waals surface area contributed by atoms with Gasteiger partial charge in [0.1, 0.15) is 5.15 Å². The van der Waals surface area contributed by atoms with Crippen molar-refractivity contribution in [1.29, 1.82) is 0 Å². The molecular formula is C11H11Cl2N3. The van der Waals surface area contributed by atoms with Crippen LogP contribution in [0.5, 0.6) is 0 Å². The molecule has 0 saturated carbocycles. The number of hydrogen-bond donors (Lipinski definition) is 1. The van der Waals surface area contributed by atoms with Crippen LogP contribution in [0.2, 0.25) is 10.3 Å². The molecule has 1 heterocycles. The number of nitrogen functional groups attached to an aromatic ring is 1. The summed E-state index contributed by atoms with van der Waals surface area (Å²) in [6.45, 7) is 2.61. The van der Waals surface area contributed by atoms with E-state index in [1.54, 1.807) is 10.9 Å². The molecular weight excluding hydrogens is 245 g/mol. The Morgan fingerprint density at radius 1 is 1.38 bits per heavy atom. The van der Waals surface area contributed by atoms with Gasteiger partial charge in [-0.3, -0.25) is 0 Å². The summed E-state index contributed by atoms with van der Waals surface area (Å²) in [6.07, 6.45) is 1.62. The lowest BCUT2D eigenvalue weighted by atomic mass is 10.1. The number of nitrogens with zero attached hydrogens (tertiary/aromatic N) is 2. The van der Waals surface area contributed by atoms with Gasteiger partial charge in [0.05, 0.1) is 6.33 Å². The Morgan fingerprint density at radius 2 is 2.12 bits per heavy atom. The Labute approximate surface area is 104 Å². The highest BCUT2D eigenvalue weighted by atomic mass is 35.5. The van der Waals surface area contributed by atoms with Crippen molar-refractivity contribution in [3.63, 3.8) is 0 Å². The Balaban J connectivity index is 2.27. The SMILES string of the molecule is Cc1cc(Cn2cnc(Cl)c2Cl)ccc1N. The van der Waals surface area contributed by atoms with E-state index < -0.39 is 0 Å². The molecule has 0 spiro atoms. The first-order valence-corrected chi connectivity index (χ1v) is 5.54. The predicted molar refractivity (Wildman–Crippen MR) is 66.9 cm³/mol. The summed E-state index contributed by atoms with van der Waals surface area (Å²) in [7, 11) is 0. The summed E-state index contributed by atoms with van der Waals surface area (Å²) in [6, 6.07) is 5.88. The first kappa shape index (κ1) is 11.3. The van der Waals surface area contributed by atoms with E-state index in [9.17, 15) is 0 Å². The molecule has 0 radical (unpaired) electrons. The zero-order valence-electron chi connectivity index (χ0n) is 8.74. The number of imidazole rings is 1. The third-order valence-electron chi connectivity index (χ3n) is 2.42. The average Bonchev–Trinajstić information content (AvgIpc) is 2.55. The van der Waals surface area contributed by atoms with Crippen LogP contribution in [0.15, 0.2) is 24.5 Å². The van der Waals surface area contributed by atoms with Crippen LogP contribution >= 0.6 is 23.2 Å². The van der Waals surface area contributed by atoms with E-state index in [0.29, 0.717) is 16.9 Å². The van der Waals surface area contributed by atoms with Gasteiger partial charge in [0.25, 0.3) is 0 Å². The summed E-state index contributed by atoms with van der Waals surface area (Å²) >= 11 is 11.7. The molecule has 1 aromatic heterocycles. The minimum absolute atomic E-state index is 0.328. The van der Waals surface area contributed by atoms with Crippen molar-refractivity contribution in [2.24, 2.45) is 0 Å². The Hall–Kier alpha value is -1.19. The van der Waals surface area contributed by atoms with Gasteiger partial charge in [0, 0.05) is 12.2 Å². The van der Waals surface area contributed by atoms with Crippen molar-refractivity contribution in [3.05, 3.63) is 46.0 Å². The topological polar surface area (TPSA) is 43.8 Å². The van der Waals surface area contributed by atoms with Crippen LogP contribution in [0.4, 0.5) is 5.69 Å². The molecule has 84 valence electrons. The molecule has 2 rings (SSSR count). The van der Waals surface area contributed by atoms with Crippen LogP contribution in [-0.2, 0) is 6.54 Å². The second kappa shape index (κ2) is 4.36. The minimum Gasteiger partial charge on any atom is -0.399 e. The maximum Gasteiger partial charge on any atom is 0.166 e. The normalized spacial score (nSPS) is 10.7. The fourth-order valence-electron chi connectivity index (χ4n) is 1.49. The van der Waals surface area contributed by atoms with Crippen LogP contribution in [0, 0.1) is 6.92 Å². The molecule has 2 aromatic rings. The van der Waals surface area contributed by atoms with Crippen molar-refractivity contribution in [2.45, 2.75) is 13.5 Å². The first-order chi connectivity index (χ1) is 7.58. The maximum atomic E-state index is 5.97. The summed E-state index contributed by atoms with van der Waals surface area (Å²) in [5.74, 6) is 0. The highest BCUT2D eigenvalue weighted by Gasteiger charge is 2.06. The summed E-state index contributed by atoms with van der Waals surface area (Å²) in [5.41, 5.74) is 8.71. The lowest BCUT2D eigenvalue weighted by molar-refractivity contribution is 0.797. The molecule has 0 atom stereocenters. The number of halogens is 2. The van der Waals surface area contributed by atoms with E-state index in [4.69, 9.17) is 28.9 Å². The molecule has 0 aliphatic heterocycles. The fourth-order valence-corrected chi connectivity index (χ4v) is 1.79. The number of rotatable bonds is 2. The van der Waals surface area contributed by atoms with Crippen molar-refractivity contribution in [3.8, 4) is 0 Å². The predicted octanol–water partition coefficient (Wildman–Crippen LogP) is 3.13. The molecule has 0 unspecified atom stereocenters. The van der Waals surface area contributed by atoms with Gasteiger partial charge in [-0.2, -0.15) is 0 Å². The molecule has 0 amide bonds. The van der Waals surface area contributed by atoms with Gasteiger partial charge in [-0.05, 0) is 24.1 Å². The smallest absolute Gasteiger partial charge is 0.166 e. The van der Waals surface area contributed by atoms with Crippen LogP contribution in [-0.4, -0.2) is 9.55 Å². The summed E-state index contributed by atoms with van der Waals surface area (Å²) in [5, 5.41) is 0.782. The van der Waals surface area contributed by atoms with E-state index in [-0.39, 0.29) is 0 Å². The van der Waals surface area contributed by atoms with E-state index in [2.05, 4.69) is 4.98 Å². The summed E-state index contributed by atoms with van der Waals surface area (Å²) < 4.78 is 1.79. The third kappa shape index (κ3) is 2.15. The minimum atomic E-state index is 0.328. The van der Waals surface area contributed by atoms with Crippen LogP contribution in [0.1, 0.15) is 11.1 Å². The van der Waals surface area contributed by atoms with Gasteiger partial charge >= 0.3 is 0 Å². The van der Waals surface area contributed by atoms with Gasteiger partial charge in [0.15, 0.2) is 5.15 Å². The van der Waals surface area contributed by atoms with E-state index in [0.717, 1.165) is 16.8 Å². The largest absolute Gasteiger partial charge is 0.399 e. The van der Waals surface area contributed by atoms with Crippen molar-refractivity contribution in [2.75, 3.05) is 5.73 Å². The number of anilines is 1. The Morgan fingerprint density at radius 3 is 2.69 bits per heavy atom. The third-order valence-corrected chi connectivity index (χ3v) is 3.19. The summed E-state index contributed by atoms with van der Waals surface area (Å²) in [4.78, 5) is 3.92. The van der Waals surface area contributed by atoms with Gasteiger partial charge in [-0.25, -0.2) is 4.98 Å². The Bertz CT molecular complexity index is 520. The molecule has 0 fully saturated rings. The van der Waals surface area contributed by atoms with Crippen LogP contribution in [0.25, 0.3) is 0 Å². The van der Waals surface area contributed by atoms with Gasteiger partial charge in [-0.1, -0.05) is 35.3 Å². The zero-order chi connectivity index (χ0) is 11.7. The standard InChI is InChI=1S/C11H11Cl2N3/c1-7-4-8(2-3-9(7)14)5-16-6-15-10(12)11(16)13/h2-4,6H,5,14H2,1H3. The molecule has 16 heavy (non-hydrogen) atoms. The number of aromatic nitrogens is 2. The van der Waals surface area contributed by atoms with E-state index >= 15 is 0 Å². The number of hydrogen-bond acceptors (Lipinski definition) is 2. The van der Waals surface area contributed by atoms with Gasteiger partial charge in [0.2, 0.25) is 0 Å². The first-order valence-electron chi connectivity index (χ1n) is 4.79. The quantitative estimate of drug-likeness (QED) is 0.839. The second-order valence-electron chi connectivity index (χ2n) is 3.65.